The molecule has 0 spiro atoms. The van der Waals surface area contributed by atoms with Gasteiger partial charge in [0.05, 0.1) is 12.3 Å². The molecular weight excluding hydrogens is 248 g/mol. The summed E-state index contributed by atoms with van der Waals surface area (Å²) in [5.41, 5.74) is 5.92. The molecule has 1 heterocycles. The molecule has 1 atom stereocenters. The van der Waals surface area contributed by atoms with Gasteiger partial charge in [-0.3, -0.25) is 4.68 Å². The number of rotatable bonds is 5. The molecule has 1 unspecified atom stereocenters. The highest BCUT2D eigenvalue weighted by Crippen LogP contribution is 2.23. The van der Waals surface area contributed by atoms with Gasteiger partial charge in [-0.15, -0.1) is 0 Å². The molecule has 108 valence electrons. The molecule has 1 aromatic heterocycles. The standard InChI is InChI=1S/C17H24N2O/c1-5-6-19-11-15(10-18-19)17(20)9-16-13(3)7-12(2)8-14(16)4/h7-8,10-11,17,20H,5-6,9H2,1-4H3. The molecule has 0 bridgehead atoms. The van der Waals surface area contributed by atoms with Gasteiger partial charge in [0.25, 0.3) is 0 Å². The van der Waals surface area contributed by atoms with E-state index in [-0.39, 0.29) is 0 Å². The molecule has 0 saturated heterocycles. The van der Waals surface area contributed by atoms with E-state index in [1.165, 1.54) is 22.3 Å². The van der Waals surface area contributed by atoms with Crippen molar-refractivity contribution in [2.24, 2.45) is 0 Å². The molecule has 0 radical (unpaired) electrons. The van der Waals surface area contributed by atoms with Gasteiger partial charge in [-0.2, -0.15) is 5.10 Å². The van der Waals surface area contributed by atoms with Crippen LogP contribution in [0.15, 0.2) is 24.5 Å². The highest BCUT2D eigenvalue weighted by molar-refractivity contribution is 5.38. The van der Waals surface area contributed by atoms with Crippen LogP contribution in [0.25, 0.3) is 0 Å². The Bertz CT molecular complexity index is 563. The van der Waals surface area contributed by atoms with Crippen LogP contribution in [-0.2, 0) is 13.0 Å². The lowest BCUT2D eigenvalue weighted by Crippen LogP contribution is -2.05. The van der Waals surface area contributed by atoms with E-state index in [1.807, 2.05) is 10.9 Å². The molecular formula is C17H24N2O. The summed E-state index contributed by atoms with van der Waals surface area (Å²) < 4.78 is 1.90. The minimum Gasteiger partial charge on any atom is -0.388 e. The zero-order chi connectivity index (χ0) is 14.7. The third kappa shape index (κ3) is 3.28. The maximum atomic E-state index is 10.4. The van der Waals surface area contributed by atoms with Crippen molar-refractivity contribution in [1.29, 1.82) is 0 Å². The first kappa shape index (κ1) is 14.8. The summed E-state index contributed by atoms with van der Waals surface area (Å²) in [5.74, 6) is 0. The molecule has 1 N–H and O–H groups in total. The Morgan fingerprint density at radius 1 is 1.20 bits per heavy atom. The van der Waals surface area contributed by atoms with E-state index in [9.17, 15) is 5.11 Å². The molecule has 0 aliphatic heterocycles. The van der Waals surface area contributed by atoms with Gasteiger partial charge in [-0.05, 0) is 43.9 Å². The van der Waals surface area contributed by atoms with E-state index >= 15 is 0 Å². The van der Waals surface area contributed by atoms with Gasteiger partial charge in [0, 0.05) is 24.7 Å². The average Bonchev–Trinajstić information content (AvgIpc) is 2.82. The fourth-order valence-corrected chi connectivity index (χ4v) is 2.75. The third-order valence-electron chi connectivity index (χ3n) is 3.73. The van der Waals surface area contributed by atoms with Crippen molar-refractivity contribution >= 4 is 0 Å². The van der Waals surface area contributed by atoms with Crippen LogP contribution < -0.4 is 0 Å². The largest absolute Gasteiger partial charge is 0.388 e. The topological polar surface area (TPSA) is 38.0 Å². The van der Waals surface area contributed by atoms with E-state index < -0.39 is 6.10 Å². The Morgan fingerprint density at radius 2 is 1.85 bits per heavy atom. The molecule has 3 nitrogen and oxygen atoms in total. The van der Waals surface area contributed by atoms with E-state index in [0.717, 1.165) is 18.5 Å². The molecule has 1 aromatic carbocycles. The molecule has 3 heteroatoms. The first-order valence-electron chi connectivity index (χ1n) is 7.28. The summed E-state index contributed by atoms with van der Waals surface area (Å²) in [7, 11) is 0. The Morgan fingerprint density at radius 3 is 2.45 bits per heavy atom. The Kier molecular flexibility index (Phi) is 4.61. The maximum absolute atomic E-state index is 10.4. The van der Waals surface area contributed by atoms with Gasteiger partial charge in [0.15, 0.2) is 0 Å². The molecule has 2 rings (SSSR count). The zero-order valence-corrected chi connectivity index (χ0v) is 12.8. The lowest BCUT2D eigenvalue weighted by atomic mass is 9.94. The number of aliphatic hydroxyl groups is 1. The summed E-state index contributed by atoms with van der Waals surface area (Å²) in [6, 6.07) is 4.35. The number of hydrogen-bond acceptors (Lipinski definition) is 2. The lowest BCUT2D eigenvalue weighted by molar-refractivity contribution is 0.178. The zero-order valence-electron chi connectivity index (χ0n) is 12.8. The van der Waals surface area contributed by atoms with Crippen molar-refractivity contribution in [3.63, 3.8) is 0 Å². The summed E-state index contributed by atoms with van der Waals surface area (Å²) in [4.78, 5) is 0. The van der Waals surface area contributed by atoms with E-state index in [2.05, 4.69) is 44.9 Å². The third-order valence-corrected chi connectivity index (χ3v) is 3.73. The second kappa shape index (κ2) is 6.23. The summed E-state index contributed by atoms with van der Waals surface area (Å²) in [6.07, 6.45) is 4.94. The van der Waals surface area contributed by atoms with Crippen LogP contribution in [0.3, 0.4) is 0 Å². The van der Waals surface area contributed by atoms with E-state index in [1.54, 1.807) is 6.20 Å². The first-order valence-corrected chi connectivity index (χ1v) is 7.28. The average molecular weight is 272 g/mol. The van der Waals surface area contributed by atoms with Crippen LogP contribution in [0.1, 0.15) is 47.3 Å². The van der Waals surface area contributed by atoms with Crippen molar-refractivity contribution in [1.82, 2.24) is 9.78 Å². The number of aliphatic hydroxyl groups excluding tert-OH is 1. The lowest BCUT2D eigenvalue weighted by Gasteiger charge is -2.14. The normalized spacial score (nSPS) is 12.7. The summed E-state index contributed by atoms with van der Waals surface area (Å²) in [5, 5.41) is 14.7. The molecule has 20 heavy (non-hydrogen) atoms. The molecule has 0 fully saturated rings. The maximum Gasteiger partial charge on any atom is 0.0861 e. The Labute approximate surface area is 121 Å². The summed E-state index contributed by atoms with van der Waals surface area (Å²) >= 11 is 0. The predicted octanol–water partition coefficient (Wildman–Crippen LogP) is 3.49. The van der Waals surface area contributed by atoms with Crippen molar-refractivity contribution in [3.8, 4) is 0 Å². The van der Waals surface area contributed by atoms with E-state index in [4.69, 9.17) is 0 Å². The van der Waals surface area contributed by atoms with Gasteiger partial charge in [-0.1, -0.05) is 24.6 Å². The van der Waals surface area contributed by atoms with Crippen LogP contribution in [0.5, 0.6) is 0 Å². The van der Waals surface area contributed by atoms with Gasteiger partial charge in [-0.25, -0.2) is 0 Å². The minimum absolute atomic E-state index is 0.485. The molecule has 0 aliphatic rings. The van der Waals surface area contributed by atoms with Crippen LogP contribution in [0, 0.1) is 20.8 Å². The van der Waals surface area contributed by atoms with Gasteiger partial charge < -0.3 is 5.11 Å². The Balaban J connectivity index is 2.16. The second-order valence-corrected chi connectivity index (χ2v) is 5.63. The van der Waals surface area contributed by atoms with Gasteiger partial charge in [0.1, 0.15) is 0 Å². The highest BCUT2D eigenvalue weighted by atomic mass is 16.3. The van der Waals surface area contributed by atoms with Crippen molar-refractivity contribution in [2.45, 2.75) is 53.2 Å². The van der Waals surface area contributed by atoms with Crippen LogP contribution in [0.2, 0.25) is 0 Å². The number of hydrogen-bond donors (Lipinski definition) is 1. The molecule has 0 amide bonds. The summed E-state index contributed by atoms with van der Waals surface area (Å²) in [6.45, 7) is 9.35. The number of aryl methyl sites for hydroxylation is 4. The first-order chi connectivity index (χ1) is 9.51. The van der Waals surface area contributed by atoms with Crippen LogP contribution in [0.4, 0.5) is 0 Å². The second-order valence-electron chi connectivity index (χ2n) is 5.63. The number of aromatic nitrogens is 2. The SMILES string of the molecule is CCCn1cc(C(O)Cc2c(C)cc(C)cc2C)cn1. The van der Waals surface area contributed by atoms with Gasteiger partial charge in [0.2, 0.25) is 0 Å². The Hall–Kier alpha value is -1.61. The fraction of sp³-hybridized carbons (Fsp3) is 0.471. The van der Waals surface area contributed by atoms with Crippen molar-refractivity contribution in [2.75, 3.05) is 0 Å². The minimum atomic E-state index is -0.485. The van der Waals surface area contributed by atoms with Crippen LogP contribution >= 0.6 is 0 Å². The van der Waals surface area contributed by atoms with Crippen molar-refractivity contribution < 1.29 is 5.11 Å². The number of benzene rings is 1. The van der Waals surface area contributed by atoms with Crippen LogP contribution in [-0.4, -0.2) is 14.9 Å². The monoisotopic (exact) mass is 272 g/mol. The smallest absolute Gasteiger partial charge is 0.0861 e. The quantitative estimate of drug-likeness (QED) is 0.904. The fourth-order valence-electron chi connectivity index (χ4n) is 2.75. The predicted molar refractivity (Wildman–Crippen MR) is 81.8 cm³/mol. The molecule has 0 aliphatic carbocycles. The van der Waals surface area contributed by atoms with E-state index in [0.29, 0.717) is 6.42 Å². The highest BCUT2D eigenvalue weighted by Gasteiger charge is 2.14. The van der Waals surface area contributed by atoms with Gasteiger partial charge >= 0.3 is 0 Å². The molecule has 0 saturated carbocycles. The van der Waals surface area contributed by atoms with Crippen molar-refractivity contribution in [3.05, 3.63) is 52.3 Å². The number of nitrogens with zero attached hydrogens (tertiary/aromatic N) is 2. The molecule has 2 aromatic rings.